The molecule has 2 bridgehead atoms. The number of nitrogens with one attached hydrogen (secondary N) is 2. The van der Waals surface area contributed by atoms with Crippen molar-refractivity contribution in [3.8, 4) is 5.75 Å². The average molecular weight is 618 g/mol. The van der Waals surface area contributed by atoms with Crippen molar-refractivity contribution in [3.63, 3.8) is 0 Å². The van der Waals surface area contributed by atoms with Crippen LogP contribution in [0, 0.1) is 17.5 Å². The number of rotatable bonds is 11. The highest BCUT2D eigenvalue weighted by Crippen LogP contribution is 2.41. The molecule has 45 heavy (non-hydrogen) atoms. The molecule has 0 spiro atoms. The van der Waals surface area contributed by atoms with E-state index in [4.69, 9.17) is 4.74 Å². The number of fused-ring (bicyclic) bond motifs is 2. The largest absolute Gasteiger partial charge is 0.488 e. The van der Waals surface area contributed by atoms with Crippen LogP contribution in [0.1, 0.15) is 60.8 Å². The van der Waals surface area contributed by atoms with Crippen LogP contribution in [0.3, 0.4) is 0 Å². The third kappa shape index (κ3) is 7.09. The van der Waals surface area contributed by atoms with Gasteiger partial charge in [-0.15, -0.1) is 0 Å². The number of aryl methyl sites for hydroxylation is 1. The number of piperazine rings is 1. The van der Waals surface area contributed by atoms with E-state index < -0.39 is 23.2 Å². The van der Waals surface area contributed by atoms with Gasteiger partial charge >= 0.3 is 0 Å². The summed E-state index contributed by atoms with van der Waals surface area (Å²) in [5, 5.41) is 6.75. The van der Waals surface area contributed by atoms with Crippen molar-refractivity contribution in [2.45, 2.75) is 63.5 Å². The molecule has 2 heterocycles. The third-order valence-corrected chi connectivity index (χ3v) is 9.01. The van der Waals surface area contributed by atoms with Gasteiger partial charge in [0.15, 0.2) is 17.4 Å². The number of benzene rings is 3. The lowest BCUT2D eigenvalue weighted by Gasteiger charge is -2.44. The van der Waals surface area contributed by atoms with Crippen LogP contribution in [0.5, 0.6) is 5.75 Å². The fraction of sp³-hybridized carbons (Fsp3) is 0.389. The van der Waals surface area contributed by atoms with Crippen molar-refractivity contribution < 1.29 is 27.5 Å². The SMILES string of the molecule is CC(=O)N1CC2CC(c3ccc(CCCOc4c(F)ccc(F)c4F)cc3)=C(C(=O)NCCc3ccccc3C3CC3)C(C1)N2. The Kier molecular flexibility index (Phi) is 9.26. The lowest BCUT2D eigenvalue weighted by molar-refractivity contribution is -0.131. The number of halogens is 3. The Labute approximate surface area is 261 Å². The fourth-order valence-electron chi connectivity index (χ4n) is 6.57. The molecule has 3 aromatic rings. The first-order chi connectivity index (χ1) is 21.8. The summed E-state index contributed by atoms with van der Waals surface area (Å²) in [7, 11) is 0. The van der Waals surface area contributed by atoms with Crippen LogP contribution in [0.2, 0.25) is 0 Å². The molecule has 2 fully saturated rings. The lowest BCUT2D eigenvalue weighted by Crippen LogP contribution is -2.61. The Morgan fingerprint density at radius 1 is 0.956 bits per heavy atom. The van der Waals surface area contributed by atoms with Crippen LogP contribution < -0.4 is 15.4 Å². The van der Waals surface area contributed by atoms with Gasteiger partial charge in [-0.1, -0.05) is 48.5 Å². The van der Waals surface area contributed by atoms with Gasteiger partial charge in [0.05, 0.1) is 12.6 Å². The molecule has 2 aliphatic heterocycles. The summed E-state index contributed by atoms with van der Waals surface area (Å²) in [4.78, 5) is 27.9. The number of hydrogen-bond acceptors (Lipinski definition) is 4. The van der Waals surface area contributed by atoms with Gasteiger partial charge in [-0.2, -0.15) is 4.39 Å². The van der Waals surface area contributed by atoms with E-state index in [0.717, 1.165) is 35.3 Å². The zero-order chi connectivity index (χ0) is 31.5. The Morgan fingerprint density at radius 2 is 1.71 bits per heavy atom. The number of hydrogen-bond donors (Lipinski definition) is 2. The van der Waals surface area contributed by atoms with Gasteiger partial charge in [-0.3, -0.25) is 9.59 Å². The summed E-state index contributed by atoms with van der Waals surface area (Å²) >= 11 is 0. The molecule has 2 amide bonds. The molecule has 1 aliphatic carbocycles. The Bertz CT molecular complexity index is 1600. The Hall–Kier alpha value is -4.11. The summed E-state index contributed by atoms with van der Waals surface area (Å²) in [5.74, 6) is -3.59. The van der Waals surface area contributed by atoms with Crippen molar-refractivity contribution in [1.29, 1.82) is 0 Å². The minimum absolute atomic E-state index is 0.00241. The van der Waals surface area contributed by atoms with Crippen molar-refractivity contribution >= 4 is 17.4 Å². The highest BCUT2D eigenvalue weighted by Gasteiger charge is 2.39. The molecule has 6 nitrogen and oxygen atoms in total. The number of amides is 2. The molecule has 0 aromatic heterocycles. The second kappa shape index (κ2) is 13.5. The molecular weight excluding hydrogens is 579 g/mol. The van der Waals surface area contributed by atoms with E-state index in [2.05, 4.69) is 28.8 Å². The zero-order valence-corrected chi connectivity index (χ0v) is 25.4. The summed E-state index contributed by atoms with van der Waals surface area (Å²) in [6, 6.07) is 17.8. The maximum absolute atomic E-state index is 13.9. The average Bonchev–Trinajstić information content (AvgIpc) is 3.88. The van der Waals surface area contributed by atoms with Gasteiger partial charge in [0.1, 0.15) is 0 Å². The van der Waals surface area contributed by atoms with Gasteiger partial charge in [-0.25, -0.2) is 8.78 Å². The van der Waals surface area contributed by atoms with Crippen molar-refractivity contribution in [2.24, 2.45) is 0 Å². The molecule has 236 valence electrons. The number of carbonyl (C=O) groups is 2. The lowest BCUT2D eigenvalue weighted by atomic mass is 9.83. The van der Waals surface area contributed by atoms with Gasteiger partial charge in [0, 0.05) is 38.2 Å². The van der Waals surface area contributed by atoms with Crippen molar-refractivity contribution in [3.05, 3.63) is 106 Å². The van der Waals surface area contributed by atoms with Gasteiger partial charge < -0.3 is 20.3 Å². The smallest absolute Gasteiger partial charge is 0.249 e. The second-order valence-corrected chi connectivity index (χ2v) is 12.2. The molecule has 1 saturated carbocycles. The number of carbonyl (C=O) groups excluding carboxylic acids is 2. The van der Waals surface area contributed by atoms with Crippen LogP contribution in [0.25, 0.3) is 5.57 Å². The molecule has 3 aliphatic rings. The highest BCUT2D eigenvalue weighted by molar-refractivity contribution is 6.03. The molecule has 3 aromatic carbocycles. The summed E-state index contributed by atoms with van der Waals surface area (Å²) < 4.78 is 46.3. The predicted molar refractivity (Wildman–Crippen MR) is 166 cm³/mol. The number of ether oxygens (including phenoxy) is 1. The third-order valence-electron chi connectivity index (χ3n) is 9.01. The number of nitrogens with zero attached hydrogens (tertiary/aromatic N) is 1. The molecule has 2 unspecified atom stereocenters. The van der Waals surface area contributed by atoms with Gasteiger partial charge in [0.25, 0.3) is 0 Å². The fourth-order valence-corrected chi connectivity index (χ4v) is 6.57. The molecule has 1 saturated heterocycles. The maximum atomic E-state index is 13.9. The first kappa shape index (κ1) is 30.9. The molecule has 9 heteroatoms. The van der Waals surface area contributed by atoms with Crippen molar-refractivity contribution in [2.75, 3.05) is 26.2 Å². The monoisotopic (exact) mass is 617 g/mol. The first-order valence-corrected chi connectivity index (χ1v) is 15.7. The standard InChI is InChI=1S/C36H38F3N3O3/c1-22(43)42-20-27-19-29(26-10-8-23(9-11-26)5-4-18-45-35-31(38)15-14-30(37)34(35)39)33(32(21-42)41-27)36(44)40-17-16-24-6-2-3-7-28(24)25-12-13-25/h2-3,6-11,14-15,25,27,32,41H,4-5,12-13,16-21H2,1H3,(H,40,44). The van der Waals surface area contributed by atoms with E-state index in [-0.39, 0.29) is 30.5 Å². The van der Waals surface area contributed by atoms with E-state index in [1.54, 1.807) is 6.92 Å². The Morgan fingerprint density at radius 3 is 2.47 bits per heavy atom. The van der Waals surface area contributed by atoms with E-state index in [9.17, 15) is 22.8 Å². The molecule has 2 N–H and O–H groups in total. The molecule has 6 rings (SSSR count). The Balaban J connectivity index is 1.14. The van der Waals surface area contributed by atoms with Gasteiger partial charge in [0.2, 0.25) is 17.6 Å². The minimum Gasteiger partial charge on any atom is -0.488 e. The van der Waals surface area contributed by atoms with Crippen molar-refractivity contribution in [1.82, 2.24) is 15.5 Å². The topological polar surface area (TPSA) is 70.7 Å². The van der Waals surface area contributed by atoms with Crippen LogP contribution in [0.15, 0.2) is 66.2 Å². The summed E-state index contributed by atoms with van der Waals surface area (Å²) in [5.41, 5.74) is 6.28. The summed E-state index contributed by atoms with van der Waals surface area (Å²) in [6.07, 6.45) is 4.89. The maximum Gasteiger partial charge on any atom is 0.249 e. The second-order valence-electron chi connectivity index (χ2n) is 12.2. The van der Waals surface area contributed by atoms with Crippen LogP contribution in [0.4, 0.5) is 13.2 Å². The van der Waals surface area contributed by atoms with E-state index in [1.807, 2.05) is 35.2 Å². The zero-order valence-electron chi connectivity index (χ0n) is 25.4. The van der Waals surface area contributed by atoms with E-state index in [0.29, 0.717) is 50.4 Å². The summed E-state index contributed by atoms with van der Waals surface area (Å²) in [6.45, 7) is 3.15. The van der Waals surface area contributed by atoms with Gasteiger partial charge in [-0.05, 0) is 84.4 Å². The molecular formula is C36H38F3N3O3. The minimum atomic E-state index is -1.33. The molecule has 2 atom stereocenters. The quantitative estimate of drug-likeness (QED) is 0.214. The predicted octanol–water partition coefficient (Wildman–Crippen LogP) is 5.70. The van der Waals surface area contributed by atoms with Crippen LogP contribution in [-0.4, -0.2) is 55.0 Å². The van der Waals surface area contributed by atoms with Crippen LogP contribution >= 0.6 is 0 Å². The van der Waals surface area contributed by atoms with E-state index >= 15 is 0 Å². The van der Waals surface area contributed by atoms with Crippen LogP contribution in [-0.2, 0) is 22.4 Å². The normalized spacial score (nSPS) is 19.4. The molecule has 0 radical (unpaired) electrons. The highest BCUT2D eigenvalue weighted by atomic mass is 19.2. The van der Waals surface area contributed by atoms with E-state index in [1.165, 1.54) is 24.0 Å². The first-order valence-electron chi connectivity index (χ1n) is 15.7.